The van der Waals surface area contributed by atoms with Crippen LogP contribution in [0.25, 0.3) is 16.6 Å². The van der Waals surface area contributed by atoms with Crippen LogP contribution in [0.5, 0.6) is 5.75 Å². The molecule has 3 rings (SSSR count). The van der Waals surface area contributed by atoms with Crippen molar-refractivity contribution in [3.05, 3.63) is 61.1 Å². The maximum atomic E-state index is 12.9. The predicted octanol–water partition coefficient (Wildman–Crippen LogP) is 3.61. The standard InChI is InChI=1S/C20H19Cl3N2O5S/c1-11-7-17(27)18-16(3-6-31(2,28)29)24-10-15(23)20(18)25(11)19-13(21)8-12(9-14(19)22)30-5-4-26/h7-10,26H,3-6H2,1-2H3. The normalized spacial score (nSPS) is 11.8. The Kier molecular flexibility index (Phi) is 7.18. The van der Waals surface area contributed by atoms with Crippen LogP contribution in [0.4, 0.5) is 0 Å². The first-order valence-corrected chi connectivity index (χ1v) is 12.3. The highest BCUT2D eigenvalue weighted by Crippen LogP contribution is 2.37. The van der Waals surface area contributed by atoms with Gasteiger partial charge in [0.05, 0.1) is 49.7 Å². The number of aliphatic hydroxyl groups is 1. The number of fused-ring (bicyclic) bond motifs is 1. The number of aromatic nitrogens is 2. The Bertz CT molecular complexity index is 1300. The van der Waals surface area contributed by atoms with Crippen molar-refractivity contribution in [3.63, 3.8) is 0 Å². The molecule has 0 spiro atoms. The predicted molar refractivity (Wildman–Crippen MR) is 123 cm³/mol. The molecule has 0 atom stereocenters. The van der Waals surface area contributed by atoms with E-state index in [1.165, 1.54) is 12.3 Å². The Labute approximate surface area is 194 Å². The fourth-order valence-corrected chi connectivity index (χ4v) is 4.69. The molecule has 3 aromatic rings. The molecule has 1 N–H and O–H groups in total. The molecular weight excluding hydrogens is 487 g/mol. The van der Waals surface area contributed by atoms with Crippen LogP contribution in [0.15, 0.2) is 29.2 Å². The van der Waals surface area contributed by atoms with E-state index >= 15 is 0 Å². The summed E-state index contributed by atoms with van der Waals surface area (Å²) in [4.78, 5) is 17.1. The number of pyridine rings is 2. The lowest BCUT2D eigenvalue weighted by atomic mass is 10.1. The Morgan fingerprint density at radius 2 is 1.77 bits per heavy atom. The second kappa shape index (κ2) is 9.34. The molecule has 7 nitrogen and oxygen atoms in total. The van der Waals surface area contributed by atoms with Crippen LogP contribution in [0, 0.1) is 6.92 Å². The number of ether oxygens (including phenoxy) is 1. The minimum absolute atomic E-state index is 0.0558. The van der Waals surface area contributed by atoms with Gasteiger partial charge in [0, 0.05) is 42.8 Å². The molecule has 0 fully saturated rings. The van der Waals surface area contributed by atoms with Gasteiger partial charge in [0.2, 0.25) is 0 Å². The topological polar surface area (TPSA) is 98.5 Å². The molecule has 166 valence electrons. The number of halogens is 3. The van der Waals surface area contributed by atoms with Gasteiger partial charge >= 0.3 is 0 Å². The number of rotatable bonds is 7. The highest BCUT2D eigenvalue weighted by molar-refractivity contribution is 7.90. The first kappa shape index (κ1) is 23.8. The van der Waals surface area contributed by atoms with Gasteiger partial charge in [0.25, 0.3) is 0 Å². The average molecular weight is 506 g/mol. The van der Waals surface area contributed by atoms with Crippen LogP contribution < -0.4 is 10.2 Å². The van der Waals surface area contributed by atoms with E-state index in [0.29, 0.717) is 28.3 Å². The van der Waals surface area contributed by atoms with Crippen molar-refractivity contribution in [2.75, 3.05) is 25.2 Å². The van der Waals surface area contributed by atoms with Crippen LogP contribution in [0.3, 0.4) is 0 Å². The highest BCUT2D eigenvalue weighted by Gasteiger charge is 2.21. The molecule has 31 heavy (non-hydrogen) atoms. The third-order valence-electron chi connectivity index (χ3n) is 4.53. The van der Waals surface area contributed by atoms with Gasteiger partial charge in [-0.15, -0.1) is 0 Å². The van der Waals surface area contributed by atoms with Gasteiger partial charge in [0.1, 0.15) is 22.2 Å². The first-order valence-electron chi connectivity index (χ1n) is 9.14. The third-order valence-corrected chi connectivity index (χ3v) is 6.33. The number of hydrogen-bond donors (Lipinski definition) is 1. The summed E-state index contributed by atoms with van der Waals surface area (Å²) in [5.41, 5.74) is 1.21. The maximum Gasteiger partial charge on any atom is 0.191 e. The minimum Gasteiger partial charge on any atom is -0.491 e. The van der Waals surface area contributed by atoms with Crippen molar-refractivity contribution < 1.29 is 18.3 Å². The van der Waals surface area contributed by atoms with Crippen LogP contribution in [-0.2, 0) is 16.3 Å². The first-order chi connectivity index (χ1) is 14.5. The molecule has 11 heteroatoms. The Balaban J connectivity index is 2.31. The summed E-state index contributed by atoms with van der Waals surface area (Å²) in [6.07, 6.45) is 2.55. The number of hydrogen-bond acceptors (Lipinski definition) is 6. The highest BCUT2D eigenvalue weighted by atomic mass is 35.5. The van der Waals surface area contributed by atoms with Crippen LogP contribution in [0.1, 0.15) is 11.4 Å². The molecule has 0 amide bonds. The molecule has 0 saturated heterocycles. The molecule has 1 aromatic carbocycles. The second-order valence-corrected chi connectivity index (χ2v) is 10.4. The Morgan fingerprint density at radius 3 is 2.35 bits per heavy atom. The van der Waals surface area contributed by atoms with Gasteiger partial charge in [0.15, 0.2) is 5.43 Å². The molecule has 0 radical (unpaired) electrons. The van der Waals surface area contributed by atoms with Gasteiger partial charge in [-0.1, -0.05) is 34.8 Å². The molecule has 0 unspecified atom stereocenters. The Hall–Kier alpha value is -1.84. The molecule has 0 saturated carbocycles. The zero-order chi connectivity index (χ0) is 22.9. The molecule has 0 aliphatic rings. The van der Waals surface area contributed by atoms with E-state index < -0.39 is 9.84 Å². The molecular formula is C20H19Cl3N2O5S. The molecule has 0 aliphatic carbocycles. The van der Waals surface area contributed by atoms with E-state index in [-0.39, 0.29) is 51.3 Å². The smallest absolute Gasteiger partial charge is 0.191 e. The number of benzene rings is 1. The molecule has 2 aromatic heterocycles. The average Bonchev–Trinajstić information content (AvgIpc) is 2.66. The van der Waals surface area contributed by atoms with Crippen molar-refractivity contribution in [2.45, 2.75) is 13.3 Å². The SMILES string of the molecule is Cc1cc(=O)c2c(CCS(C)(=O)=O)ncc(Cl)c2n1-c1c(Cl)cc(OCCO)cc1Cl. The summed E-state index contributed by atoms with van der Waals surface area (Å²) in [7, 11) is -3.27. The number of aliphatic hydroxyl groups excluding tert-OH is 1. The van der Waals surface area contributed by atoms with Gasteiger partial charge in [-0.2, -0.15) is 0 Å². The van der Waals surface area contributed by atoms with Crippen molar-refractivity contribution >= 4 is 55.5 Å². The minimum atomic E-state index is -3.27. The van der Waals surface area contributed by atoms with Crippen molar-refractivity contribution in [1.29, 1.82) is 0 Å². The summed E-state index contributed by atoms with van der Waals surface area (Å²) >= 11 is 19.5. The lowest BCUT2D eigenvalue weighted by Gasteiger charge is -2.20. The maximum absolute atomic E-state index is 12.9. The molecule has 0 aliphatic heterocycles. The van der Waals surface area contributed by atoms with Crippen molar-refractivity contribution in [1.82, 2.24) is 9.55 Å². The van der Waals surface area contributed by atoms with E-state index in [0.717, 1.165) is 6.26 Å². The van der Waals surface area contributed by atoms with E-state index in [1.807, 2.05) is 0 Å². The Morgan fingerprint density at radius 1 is 1.13 bits per heavy atom. The second-order valence-electron chi connectivity index (χ2n) is 6.95. The van der Waals surface area contributed by atoms with Gasteiger partial charge in [-0.25, -0.2) is 8.42 Å². The van der Waals surface area contributed by atoms with E-state index in [2.05, 4.69) is 4.98 Å². The molecule has 0 bridgehead atoms. The third kappa shape index (κ3) is 5.15. The molecule has 2 heterocycles. The van der Waals surface area contributed by atoms with Gasteiger partial charge < -0.3 is 14.4 Å². The van der Waals surface area contributed by atoms with Crippen LogP contribution in [-0.4, -0.2) is 48.3 Å². The summed E-state index contributed by atoms with van der Waals surface area (Å²) in [6, 6.07) is 4.48. The quantitative estimate of drug-likeness (QED) is 0.527. The lowest BCUT2D eigenvalue weighted by Crippen LogP contribution is -2.16. The largest absolute Gasteiger partial charge is 0.491 e. The van der Waals surface area contributed by atoms with Crippen LogP contribution in [0.2, 0.25) is 15.1 Å². The summed E-state index contributed by atoms with van der Waals surface area (Å²) in [5.74, 6) is 0.208. The van der Waals surface area contributed by atoms with E-state index in [9.17, 15) is 13.2 Å². The lowest BCUT2D eigenvalue weighted by molar-refractivity contribution is 0.201. The zero-order valence-corrected chi connectivity index (χ0v) is 19.7. The van der Waals surface area contributed by atoms with Gasteiger partial charge in [-0.3, -0.25) is 9.78 Å². The summed E-state index contributed by atoms with van der Waals surface area (Å²) in [6.45, 7) is 1.61. The van der Waals surface area contributed by atoms with Gasteiger partial charge in [-0.05, 0) is 6.92 Å². The van der Waals surface area contributed by atoms with Crippen molar-refractivity contribution in [3.8, 4) is 11.4 Å². The fraction of sp³-hybridized carbons (Fsp3) is 0.300. The number of aryl methyl sites for hydroxylation is 2. The monoisotopic (exact) mass is 504 g/mol. The zero-order valence-electron chi connectivity index (χ0n) is 16.7. The van der Waals surface area contributed by atoms with E-state index in [1.54, 1.807) is 23.6 Å². The number of nitrogens with zero attached hydrogens (tertiary/aromatic N) is 2. The number of sulfone groups is 1. The van der Waals surface area contributed by atoms with E-state index in [4.69, 9.17) is 44.6 Å². The fourth-order valence-electron chi connectivity index (χ4n) is 3.26. The van der Waals surface area contributed by atoms with Crippen molar-refractivity contribution in [2.24, 2.45) is 0 Å². The van der Waals surface area contributed by atoms with Crippen LogP contribution >= 0.6 is 34.8 Å². The summed E-state index contributed by atoms with van der Waals surface area (Å²) in [5, 5.41) is 9.81. The summed E-state index contributed by atoms with van der Waals surface area (Å²) < 4.78 is 30.3.